The average Bonchev–Trinajstić information content (AvgIpc) is 3.65. The fourth-order valence-electron chi connectivity index (χ4n) is 5.50. The smallest absolute Gasteiger partial charge is 0.323 e. The Morgan fingerprint density at radius 2 is 1.82 bits per heavy atom. The Morgan fingerprint density at radius 1 is 1.14 bits per heavy atom. The number of carboxylic acid groups (broad SMARTS) is 2. The van der Waals surface area contributed by atoms with Crippen LogP contribution in [-0.4, -0.2) is 80.1 Å². The number of carbonyl (C=O) groups is 3. The number of quaternary nitrogens is 1. The third kappa shape index (κ3) is 4.86. The maximum Gasteiger partial charge on any atom is 0.323 e. The molecule has 2 saturated heterocycles. The van der Waals surface area contributed by atoms with Gasteiger partial charge in [0, 0.05) is 18.2 Å². The van der Waals surface area contributed by atoms with E-state index >= 15 is 0 Å². The van der Waals surface area contributed by atoms with Crippen LogP contribution in [0.15, 0.2) is 32.9 Å². The highest BCUT2D eigenvalue weighted by molar-refractivity contribution is 8.30. The van der Waals surface area contributed by atoms with Gasteiger partial charge in [-0.2, -0.15) is 8.42 Å². The molecule has 5 heterocycles. The van der Waals surface area contributed by atoms with Crippen LogP contribution < -0.4 is 28.7 Å². The SMILES string of the molecule is CCC(C=C1Sc2cc3c(cc2[N+]12CCC2S(=O)(=O)O)OCO3)=c1s/c(=C2\SC(=S)N(CC(=O)O)C2=O)n(CC(=O)O)c1=O. The van der Waals surface area contributed by atoms with Crippen molar-refractivity contribution >= 4 is 95.5 Å². The van der Waals surface area contributed by atoms with Crippen LogP contribution >= 0.6 is 47.1 Å². The highest BCUT2D eigenvalue weighted by Gasteiger charge is 2.62. The van der Waals surface area contributed by atoms with Crippen molar-refractivity contribution in [2.45, 2.75) is 36.6 Å². The maximum absolute atomic E-state index is 13.7. The minimum atomic E-state index is -4.51. The van der Waals surface area contributed by atoms with Gasteiger partial charge >= 0.3 is 22.1 Å². The Labute approximate surface area is 266 Å². The molecule has 1 amide bonds. The number of rotatable bonds is 7. The summed E-state index contributed by atoms with van der Waals surface area (Å²) in [6.07, 6.45) is 2.12. The van der Waals surface area contributed by atoms with Crippen LogP contribution in [0.2, 0.25) is 0 Å². The molecule has 0 saturated carbocycles. The number of hydrogen-bond acceptors (Lipinski definition) is 12. The van der Waals surface area contributed by atoms with Gasteiger partial charge in [-0.05, 0) is 23.8 Å². The monoisotopic (exact) mass is 700 g/mol. The summed E-state index contributed by atoms with van der Waals surface area (Å²) in [5, 5.41) is 18.1. The third-order valence-corrected chi connectivity index (χ3v) is 12.8. The van der Waals surface area contributed by atoms with Gasteiger partial charge in [0.1, 0.15) is 27.0 Å². The number of thioether (sulfide) groups is 2. The van der Waals surface area contributed by atoms with E-state index in [9.17, 15) is 42.4 Å². The Hall–Kier alpha value is -3.20. The topological polar surface area (TPSA) is 190 Å². The van der Waals surface area contributed by atoms with Crippen LogP contribution in [0.5, 0.6) is 11.5 Å². The molecule has 44 heavy (non-hydrogen) atoms. The molecule has 1 spiro atoms. The number of thiazole rings is 1. The van der Waals surface area contributed by atoms with Crippen LogP contribution in [0, 0.1) is 0 Å². The zero-order valence-electron chi connectivity index (χ0n) is 22.5. The number of aliphatic carboxylic acids is 2. The van der Waals surface area contributed by atoms with Gasteiger partial charge in [-0.3, -0.25) is 33.2 Å². The van der Waals surface area contributed by atoms with Crippen LogP contribution in [-0.2, 0) is 31.0 Å². The van der Waals surface area contributed by atoms with Crippen LogP contribution in [0.25, 0.3) is 10.5 Å². The summed E-state index contributed by atoms with van der Waals surface area (Å²) in [7, 11) is -4.51. The number of allylic oxidation sites excluding steroid dienone is 1. The predicted molar refractivity (Wildman–Crippen MR) is 165 cm³/mol. The molecular formula is C25H22N3O11S5+. The third-order valence-electron chi connectivity index (χ3n) is 7.54. The average molecular weight is 701 g/mol. The zero-order valence-corrected chi connectivity index (χ0v) is 26.6. The summed E-state index contributed by atoms with van der Waals surface area (Å²) in [5.41, 5.74) is 0.355. The van der Waals surface area contributed by atoms with Crippen LogP contribution in [0.3, 0.4) is 0 Å². The minimum Gasteiger partial charge on any atom is -0.480 e. The number of nitrogens with zero attached hydrogens (tertiary/aromatic N) is 3. The Balaban J connectivity index is 1.57. The number of carboxylic acids is 2. The quantitative estimate of drug-likeness (QED) is 0.210. The molecule has 2 fully saturated rings. The number of ether oxygens (including phenoxy) is 2. The Bertz CT molecular complexity index is 2020. The van der Waals surface area contributed by atoms with E-state index in [-0.39, 0.29) is 42.5 Å². The van der Waals surface area contributed by atoms with Crippen molar-refractivity contribution in [3.8, 4) is 11.5 Å². The highest BCUT2D eigenvalue weighted by Crippen LogP contribution is 2.60. The van der Waals surface area contributed by atoms with E-state index in [0.29, 0.717) is 39.2 Å². The Kier molecular flexibility index (Phi) is 7.70. The molecule has 0 radical (unpaired) electrons. The standard InChI is InChI=1S/C25H21N3O11S5/c1-2-11(20-22(33)26(8-18(29)30)24(42-20)21-23(34)27(9-19(31)32)25(40)43-21)5-16-28(4-3-17(28)44(35,36)37)12-6-13-14(39-10-38-13)7-15(12)41-16/h5-7,17H,2-4,8-10H2,1H3,(H2-,29,30,31,32,35,36,37)/p+1/b16-5?,20-11?,24-21-. The lowest BCUT2D eigenvalue weighted by molar-refractivity contribution is -0.140. The second kappa shape index (κ2) is 11.0. The largest absolute Gasteiger partial charge is 0.480 e. The molecule has 19 heteroatoms. The lowest BCUT2D eigenvalue weighted by atomic mass is 10.1. The number of thiocarbonyl (C=S) groups is 1. The van der Waals surface area contributed by atoms with E-state index in [2.05, 4.69) is 0 Å². The molecule has 232 valence electrons. The first-order valence-electron chi connectivity index (χ1n) is 12.9. The first-order chi connectivity index (χ1) is 20.8. The van der Waals surface area contributed by atoms with Crippen molar-refractivity contribution < 1.29 is 47.0 Å². The fraction of sp³-hybridized carbons (Fsp3) is 0.320. The zero-order chi connectivity index (χ0) is 31.7. The molecular weight excluding hydrogens is 679 g/mol. The van der Waals surface area contributed by atoms with Crippen molar-refractivity contribution in [2.24, 2.45) is 0 Å². The second-order valence-electron chi connectivity index (χ2n) is 9.99. The summed E-state index contributed by atoms with van der Waals surface area (Å²) in [4.78, 5) is 51.4. The number of aromatic nitrogens is 1. The van der Waals surface area contributed by atoms with Crippen molar-refractivity contribution in [3.05, 3.63) is 42.8 Å². The van der Waals surface area contributed by atoms with Gasteiger partial charge in [-0.25, -0.2) is 4.48 Å². The first-order valence-corrected chi connectivity index (χ1v) is 17.2. The molecule has 6 rings (SSSR count). The van der Waals surface area contributed by atoms with Crippen LogP contribution in [0.1, 0.15) is 19.8 Å². The predicted octanol–water partition coefficient (Wildman–Crippen LogP) is 0.909. The molecule has 0 bridgehead atoms. The van der Waals surface area contributed by atoms with Gasteiger partial charge in [0.25, 0.3) is 11.5 Å². The van der Waals surface area contributed by atoms with Gasteiger partial charge in [0.05, 0.1) is 22.4 Å². The molecule has 1 aromatic heterocycles. The number of fused-ring (bicyclic) bond motifs is 3. The summed E-state index contributed by atoms with van der Waals surface area (Å²) in [6, 6.07) is 3.44. The summed E-state index contributed by atoms with van der Waals surface area (Å²) in [6.45, 7) is 0.662. The van der Waals surface area contributed by atoms with E-state index in [4.69, 9.17) is 21.7 Å². The van der Waals surface area contributed by atoms with E-state index in [1.807, 2.05) is 0 Å². The van der Waals surface area contributed by atoms with Gasteiger partial charge in [-0.15, -0.1) is 11.3 Å². The number of carbonyl (C=O) groups excluding carboxylic acids is 1. The van der Waals surface area contributed by atoms with Gasteiger partial charge in [-0.1, -0.05) is 30.9 Å². The van der Waals surface area contributed by atoms with E-state index < -0.39 is 52.0 Å². The van der Waals surface area contributed by atoms with E-state index in [1.54, 1.807) is 25.1 Å². The molecule has 3 N–H and O–H groups in total. The molecule has 2 aromatic rings. The number of hydrogen-bond donors (Lipinski definition) is 3. The molecule has 4 aliphatic heterocycles. The van der Waals surface area contributed by atoms with Crippen molar-refractivity contribution in [1.29, 1.82) is 0 Å². The van der Waals surface area contributed by atoms with Crippen molar-refractivity contribution in [2.75, 3.05) is 19.9 Å². The van der Waals surface area contributed by atoms with Crippen LogP contribution in [0.4, 0.5) is 5.69 Å². The summed E-state index contributed by atoms with van der Waals surface area (Å²) < 4.78 is 47.1. The lowest BCUT2D eigenvalue weighted by Crippen LogP contribution is -2.66. The fourth-order valence-corrected chi connectivity index (χ4v) is 10.8. The van der Waals surface area contributed by atoms with Gasteiger partial charge in [0.15, 0.2) is 22.2 Å². The van der Waals surface area contributed by atoms with E-state index in [1.165, 1.54) is 11.8 Å². The molecule has 1 aromatic carbocycles. The van der Waals surface area contributed by atoms with Gasteiger partial charge < -0.3 is 19.7 Å². The maximum atomic E-state index is 13.7. The Morgan fingerprint density at radius 3 is 2.41 bits per heavy atom. The first kappa shape index (κ1) is 30.8. The van der Waals surface area contributed by atoms with Crippen molar-refractivity contribution in [1.82, 2.24) is 14.0 Å². The number of benzene rings is 1. The molecule has 2 unspecified atom stereocenters. The summed E-state index contributed by atoms with van der Waals surface area (Å²) in [5.74, 6) is -2.46. The molecule has 0 aliphatic carbocycles. The number of amides is 1. The molecule has 2 atom stereocenters. The van der Waals surface area contributed by atoms with Crippen molar-refractivity contribution in [3.63, 3.8) is 0 Å². The second-order valence-corrected chi connectivity index (χ2v) is 15.3. The molecule has 14 nitrogen and oxygen atoms in total. The minimum absolute atomic E-state index is 0.0127. The van der Waals surface area contributed by atoms with Gasteiger partial charge in [0.2, 0.25) is 12.2 Å². The molecule has 4 aliphatic rings. The lowest BCUT2D eigenvalue weighted by Gasteiger charge is -2.47. The normalized spacial score (nSPS) is 25.1. The van der Waals surface area contributed by atoms with E-state index in [0.717, 1.165) is 32.6 Å². The highest BCUT2D eigenvalue weighted by atomic mass is 32.2. The summed E-state index contributed by atoms with van der Waals surface area (Å²) >= 11 is 8.10.